The van der Waals surface area contributed by atoms with Crippen molar-refractivity contribution in [1.29, 1.82) is 0 Å². The summed E-state index contributed by atoms with van der Waals surface area (Å²) in [6.07, 6.45) is -4.04. The molecule has 8 nitrogen and oxygen atoms in total. The van der Waals surface area contributed by atoms with Gasteiger partial charge in [-0.1, -0.05) is 5.16 Å². The van der Waals surface area contributed by atoms with Crippen molar-refractivity contribution < 1.29 is 22.5 Å². The summed E-state index contributed by atoms with van der Waals surface area (Å²) in [7, 11) is 1.61. The number of alkyl halides is 3. The summed E-state index contributed by atoms with van der Waals surface area (Å²) in [5.41, 5.74) is 0.506. The van der Waals surface area contributed by atoms with Crippen LogP contribution in [0.4, 0.5) is 13.2 Å². The number of nitrogens with zero attached hydrogens (tertiary/aromatic N) is 5. The molecule has 0 unspecified atom stereocenters. The Hall–Kier alpha value is -2.69. The SMILES string of the molecule is Cc1ccc(C(=O)N2CCCN(Cc3nc(C(F)(F)F)no3)CC2)c(=O)n1C. The van der Waals surface area contributed by atoms with Crippen LogP contribution in [0.1, 0.15) is 34.2 Å². The van der Waals surface area contributed by atoms with Crippen LogP contribution in [0.2, 0.25) is 0 Å². The molecule has 2 aromatic rings. The van der Waals surface area contributed by atoms with E-state index in [0.29, 0.717) is 32.6 Å². The van der Waals surface area contributed by atoms with Gasteiger partial charge < -0.3 is 14.0 Å². The van der Waals surface area contributed by atoms with Gasteiger partial charge in [-0.25, -0.2) is 0 Å². The average molecular weight is 399 g/mol. The van der Waals surface area contributed by atoms with Gasteiger partial charge in [0.25, 0.3) is 17.3 Å². The first-order chi connectivity index (χ1) is 13.2. The lowest BCUT2D eigenvalue weighted by molar-refractivity contribution is -0.146. The summed E-state index contributed by atoms with van der Waals surface area (Å²) >= 11 is 0. The Balaban J connectivity index is 1.65. The largest absolute Gasteiger partial charge is 0.455 e. The number of carbonyl (C=O) groups is 1. The topological polar surface area (TPSA) is 84.5 Å². The Kier molecular flexibility index (Phi) is 5.54. The van der Waals surface area contributed by atoms with Crippen LogP contribution in [0.15, 0.2) is 21.5 Å². The number of rotatable bonds is 3. The van der Waals surface area contributed by atoms with Crippen molar-refractivity contribution in [3.8, 4) is 0 Å². The normalized spacial score (nSPS) is 16.2. The summed E-state index contributed by atoms with van der Waals surface area (Å²) in [5, 5.41) is 2.94. The van der Waals surface area contributed by atoms with Gasteiger partial charge >= 0.3 is 6.18 Å². The number of amides is 1. The maximum Gasteiger partial charge on any atom is 0.455 e. The van der Waals surface area contributed by atoms with Crippen LogP contribution in [0.25, 0.3) is 0 Å². The molecular formula is C17H20F3N5O3. The molecule has 0 spiro atoms. The first kappa shape index (κ1) is 20.1. The molecule has 3 rings (SSSR count). The lowest BCUT2D eigenvalue weighted by atomic mass is 10.2. The Morgan fingerprint density at radius 2 is 1.96 bits per heavy atom. The standard InChI is InChI=1S/C17H20F3N5O3/c1-11-4-5-12(14(26)23(11)2)15(27)25-7-3-6-24(8-9-25)10-13-21-16(22-28-13)17(18,19)20/h4-5H,3,6-10H2,1-2H3. The minimum absolute atomic E-state index is 0.0669. The molecule has 1 aliphatic heterocycles. The highest BCUT2D eigenvalue weighted by Gasteiger charge is 2.37. The number of halogens is 3. The highest BCUT2D eigenvalue weighted by Crippen LogP contribution is 2.26. The van der Waals surface area contributed by atoms with E-state index >= 15 is 0 Å². The van der Waals surface area contributed by atoms with E-state index in [1.165, 1.54) is 10.6 Å². The van der Waals surface area contributed by atoms with E-state index in [0.717, 1.165) is 5.69 Å². The molecule has 0 radical (unpaired) electrons. The first-order valence-corrected chi connectivity index (χ1v) is 8.75. The van der Waals surface area contributed by atoms with Gasteiger partial charge in [0.2, 0.25) is 5.89 Å². The van der Waals surface area contributed by atoms with Gasteiger partial charge in [-0.05, 0) is 25.5 Å². The molecule has 0 saturated carbocycles. The molecular weight excluding hydrogens is 379 g/mol. The zero-order valence-electron chi connectivity index (χ0n) is 15.5. The molecule has 152 valence electrons. The van der Waals surface area contributed by atoms with Crippen molar-refractivity contribution in [2.75, 3.05) is 26.2 Å². The highest BCUT2D eigenvalue weighted by atomic mass is 19.4. The van der Waals surface area contributed by atoms with E-state index in [1.807, 2.05) is 4.90 Å². The minimum atomic E-state index is -4.65. The second kappa shape index (κ2) is 7.74. The lowest BCUT2D eigenvalue weighted by Crippen LogP contribution is -2.39. The smallest absolute Gasteiger partial charge is 0.338 e. The minimum Gasteiger partial charge on any atom is -0.338 e. The van der Waals surface area contributed by atoms with E-state index in [1.54, 1.807) is 24.9 Å². The zero-order chi connectivity index (χ0) is 20.5. The number of pyridine rings is 1. The van der Waals surface area contributed by atoms with Gasteiger partial charge in [-0.2, -0.15) is 18.2 Å². The molecule has 1 amide bonds. The molecule has 1 saturated heterocycles. The number of hydrogen-bond acceptors (Lipinski definition) is 6. The summed E-state index contributed by atoms with van der Waals surface area (Å²) in [4.78, 5) is 31.9. The van der Waals surface area contributed by atoms with E-state index in [4.69, 9.17) is 0 Å². The van der Waals surface area contributed by atoms with Gasteiger partial charge in [0.15, 0.2) is 0 Å². The molecule has 2 aromatic heterocycles. The van der Waals surface area contributed by atoms with Gasteiger partial charge in [0.05, 0.1) is 6.54 Å². The number of carbonyl (C=O) groups excluding carboxylic acids is 1. The molecule has 0 atom stereocenters. The number of aromatic nitrogens is 3. The van der Waals surface area contributed by atoms with E-state index in [9.17, 15) is 22.8 Å². The maximum atomic E-state index is 12.7. The molecule has 3 heterocycles. The quantitative estimate of drug-likeness (QED) is 0.777. The van der Waals surface area contributed by atoms with E-state index < -0.39 is 12.0 Å². The molecule has 11 heteroatoms. The van der Waals surface area contributed by atoms with Gasteiger partial charge in [-0.15, -0.1) is 0 Å². The third-order valence-corrected chi connectivity index (χ3v) is 4.74. The number of hydrogen-bond donors (Lipinski definition) is 0. The fourth-order valence-corrected chi connectivity index (χ4v) is 3.02. The maximum absolute atomic E-state index is 12.7. The Morgan fingerprint density at radius 3 is 2.64 bits per heavy atom. The van der Waals surface area contributed by atoms with Crippen LogP contribution in [0.5, 0.6) is 0 Å². The molecule has 0 aliphatic carbocycles. The fourth-order valence-electron chi connectivity index (χ4n) is 3.02. The highest BCUT2D eigenvalue weighted by molar-refractivity contribution is 5.93. The van der Waals surface area contributed by atoms with Crippen LogP contribution >= 0.6 is 0 Å². The van der Waals surface area contributed by atoms with Crippen LogP contribution < -0.4 is 5.56 Å². The third kappa shape index (κ3) is 4.24. The zero-order valence-corrected chi connectivity index (χ0v) is 15.5. The third-order valence-electron chi connectivity index (χ3n) is 4.74. The van der Waals surface area contributed by atoms with Crippen molar-refractivity contribution >= 4 is 5.91 Å². The van der Waals surface area contributed by atoms with Gasteiger partial charge in [0, 0.05) is 38.9 Å². The van der Waals surface area contributed by atoms with Crippen molar-refractivity contribution in [2.24, 2.45) is 7.05 Å². The van der Waals surface area contributed by atoms with Gasteiger partial charge in [0.1, 0.15) is 5.56 Å². The summed E-state index contributed by atoms with van der Waals surface area (Å²) in [6.45, 7) is 3.61. The van der Waals surface area contributed by atoms with Crippen molar-refractivity contribution in [2.45, 2.75) is 26.1 Å². The molecule has 1 fully saturated rings. The number of aryl methyl sites for hydroxylation is 1. The van der Waals surface area contributed by atoms with Crippen LogP contribution in [0, 0.1) is 6.92 Å². The monoisotopic (exact) mass is 399 g/mol. The predicted octanol–water partition coefficient (Wildman–Crippen LogP) is 1.44. The second-order valence-electron chi connectivity index (χ2n) is 6.68. The molecule has 1 aliphatic rings. The molecule has 0 N–H and O–H groups in total. The Labute approximate surface area is 158 Å². The average Bonchev–Trinajstić information content (AvgIpc) is 2.98. The van der Waals surface area contributed by atoms with E-state index in [2.05, 4.69) is 14.7 Å². The summed E-state index contributed by atoms with van der Waals surface area (Å²) in [5.74, 6) is -1.77. The van der Waals surface area contributed by atoms with Gasteiger partial charge in [-0.3, -0.25) is 14.5 Å². The summed E-state index contributed by atoms with van der Waals surface area (Å²) in [6, 6.07) is 3.24. The first-order valence-electron chi connectivity index (χ1n) is 8.75. The van der Waals surface area contributed by atoms with E-state index in [-0.39, 0.29) is 29.5 Å². The van der Waals surface area contributed by atoms with Crippen LogP contribution in [0.3, 0.4) is 0 Å². The van der Waals surface area contributed by atoms with Crippen molar-refractivity contribution in [3.05, 3.63) is 45.5 Å². The van der Waals surface area contributed by atoms with Crippen molar-refractivity contribution in [1.82, 2.24) is 24.5 Å². The molecule has 28 heavy (non-hydrogen) atoms. The Bertz CT molecular complexity index is 921. The second-order valence-corrected chi connectivity index (χ2v) is 6.68. The fraction of sp³-hybridized carbons (Fsp3) is 0.529. The molecule has 0 aromatic carbocycles. The van der Waals surface area contributed by atoms with Crippen LogP contribution in [-0.4, -0.2) is 56.6 Å². The summed E-state index contributed by atoms with van der Waals surface area (Å²) < 4.78 is 43.8. The molecule has 0 bridgehead atoms. The Morgan fingerprint density at radius 1 is 1.21 bits per heavy atom. The van der Waals surface area contributed by atoms with Crippen LogP contribution in [-0.2, 0) is 19.8 Å². The van der Waals surface area contributed by atoms with Crippen molar-refractivity contribution in [3.63, 3.8) is 0 Å². The lowest BCUT2D eigenvalue weighted by Gasteiger charge is -2.21. The predicted molar refractivity (Wildman–Crippen MR) is 91.5 cm³/mol.